The summed E-state index contributed by atoms with van der Waals surface area (Å²) < 4.78 is 5.14. The average Bonchev–Trinajstić information content (AvgIpc) is 2.82. The van der Waals surface area contributed by atoms with E-state index in [1.807, 2.05) is 24.3 Å². The molecule has 1 amide bonds. The number of furan rings is 1. The second kappa shape index (κ2) is 5.34. The van der Waals surface area contributed by atoms with Crippen molar-refractivity contribution in [2.24, 2.45) is 0 Å². The first-order valence-corrected chi connectivity index (χ1v) is 5.69. The van der Waals surface area contributed by atoms with Crippen molar-refractivity contribution in [3.63, 3.8) is 0 Å². The van der Waals surface area contributed by atoms with E-state index >= 15 is 0 Å². The molecular weight excluding hydrogens is 214 g/mol. The van der Waals surface area contributed by atoms with Gasteiger partial charge in [-0.2, -0.15) is 0 Å². The highest BCUT2D eigenvalue weighted by molar-refractivity contribution is 5.92. The molecule has 1 heterocycles. The minimum atomic E-state index is -0.0548. The van der Waals surface area contributed by atoms with E-state index in [2.05, 4.69) is 12.2 Å². The zero-order chi connectivity index (χ0) is 12.1. The Morgan fingerprint density at radius 3 is 2.76 bits per heavy atom. The predicted molar refractivity (Wildman–Crippen MR) is 66.9 cm³/mol. The zero-order valence-electron chi connectivity index (χ0n) is 9.77. The summed E-state index contributed by atoms with van der Waals surface area (Å²) in [7, 11) is 0. The normalized spacial score (nSPS) is 10.2. The first kappa shape index (κ1) is 11.5. The van der Waals surface area contributed by atoms with Crippen LogP contribution in [0.25, 0.3) is 0 Å². The van der Waals surface area contributed by atoms with Gasteiger partial charge in [-0.25, -0.2) is 0 Å². The van der Waals surface area contributed by atoms with Gasteiger partial charge in [0.15, 0.2) is 0 Å². The third-order valence-electron chi connectivity index (χ3n) is 2.59. The highest BCUT2D eigenvalue weighted by Gasteiger charge is 2.07. The van der Waals surface area contributed by atoms with Gasteiger partial charge in [-0.15, -0.1) is 0 Å². The standard InChI is InChI=1S/C14H15NO2/c1-2-11-6-3-4-8-13(11)15-14(16)10-12-7-5-9-17-12/h3-9H,2,10H2,1H3,(H,15,16). The van der Waals surface area contributed by atoms with Gasteiger partial charge in [-0.05, 0) is 30.2 Å². The van der Waals surface area contributed by atoms with E-state index in [0.717, 1.165) is 17.7 Å². The summed E-state index contributed by atoms with van der Waals surface area (Å²) >= 11 is 0. The van der Waals surface area contributed by atoms with Crippen molar-refractivity contribution < 1.29 is 9.21 Å². The molecule has 3 nitrogen and oxygen atoms in total. The number of carbonyl (C=O) groups is 1. The highest BCUT2D eigenvalue weighted by atomic mass is 16.3. The maximum Gasteiger partial charge on any atom is 0.232 e. The van der Waals surface area contributed by atoms with Gasteiger partial charge in [-0.3, -0.25) is 4.79 Å². The molecule has 17 heavy (non-hydrogen) atoms. The van der Waals surface area contributed by atoms with Crippen LogP contribution in [0.15, 0.2) is 47.1 Å². The molecule has 0 atom stereocenters. The third kappa shape index (κ3) is 2.97. The van der Waals surface area contributed by atoms with Gasteiger partial charge >= 0.3 is 0 Å². The minimum Gasteiger partial charge on any atom is -0.469 e. The Kier molecular flexibility index (Phi) is 3.60. The van der Waals surface area contributed by atoms with Crippen LogP contribution in [0.5, 0.6) is 0 Å². The van der Waals surface area contributed by atoms with Crippen LogP contribution >= 0.6 is 0 Å². The summed E-state index contributed by atoms with van der Waals surface area (Å²) in [6.07, 6.45) is 2.74. The molecule has 88 valence electrons. The largest absolute Gasteiger partial charge is 0.469 e. The lowest BCUT2D eigenvalue weighted by Gasteiger charge is -2.08. The molecule has 1 aromatic carbocycles. The van der Waals surface area contributed by atoms with E-state index in [4.69, 9.17) is 4.42 Å². The van der Waals surface area contributed by atoms with E-state index < -0.39 is 0 Å². The topological polar surface area (TPSA) is 42.2 Å². The lowest BCUT2D eigenvalue weighted by Crippen LogP contribution is -2.15. The Balaban J connectivity index is 2.03. The number of aryl methyl sites for hydroxylation is 1. The Morgan fingerprint density at radius 2 is 2.06 bits per heavy atom. The van der Waals surface area contributed by atoms with Crippen LogP contribution in [0.2, 0.25) is 0 Å². The molecule has 0 aliphatic heterocycles. The highest BCUT2D eigenvalue weighted by Crippen LogP contribution is 2.15. The fourth-order valence-corrected chi connectivity index (χ4v) is 1.72. The first-order chi connectivity index (χ1) is 8.29. The van der Waals surface area contributed by atoms with Crippen LogP contribution in [0.4, 0.5) is 5.69 Å². The molecular formula is C14H15NO2. The molecule has 0 bridgehead atoms. The summed E-state index contributed by atoms with van der Waals surface area (Å²) in [5.41, 5.74) is 2.02. The first-order valence-electron chi connectivity index (χ1n) is 5.69. The molecule has 0 unspecified atom stereocenters. The van der Waals surface area contributed by atoms with Gasteiger partial charge in [-0.1, -0.05) is 25.1 Å². The van der Waals surface area contributed by atoms with Crippen molar-refractivity contribution in [2.45, 2.75) is 19.8 Å². The van der Waals surface area contributed by atoms with Gasteiger partial charge in [0.1, 0.15) is 5.76 Å². The van der Waals surface area contributed by atoms with Gasteiger partial charge in [0.05, 0.1) is 12.7 Å². The van der Waals surface area contributed by atoms with Crippen LogP contribution in [0, 0.1) is 0 Å². The molecule has 2 rings (SSSR count). The van der Waals surface area contributed by atoms with Crippen LogP contribution < -0.4 is 5.32 Å². The number of hydrogen-bond donors (Lipinski definition) is 1. The second-order valence-electron chi connectivity index (χ2n) is 3.82. The summed E-state index contributed by atoms with van der Waals surface area (Å²) in [4.78, 5) is 11.8. The van der Waals surface area contributed by atoms with Gasteiger partial charge in [0.2, 0.25) is 5.91 Å². The molecule has 1 N–H and O–H groups in total. The minimum absolute atomic E-state index is 0.0548. The Bertz CT molecular complexity index is 489. The summed E-state index contributed by atoms with van der Waals surface area (Å²) in [5, 5.41) is 2.90. The molecule has 0 aliphatic rings. The lowest BCUT2D eigenvalue weighted by atomic mass is 10.1. The van der Waals surface area contributed by atoms with E-state index in [1.54, 1.807) is 18.4 Å². The van der Waals surface area contributed by atoms with Gasteiger partial charge < -0.3 is 9.73 Å². The van der Waals surface area contributed by atoms with Crippen molar-refractivity contribution >= 4 is 11.6 Å². The molecule has 0 fully saturated rings. The average molecular weight is 229 g/mol. The van der Waals surface area contributed by atoms with E-state index in [1.165, 1.54) is 0 Å². The van der Waals surface area contributed by atoms with Gasteiger partial charge in [0, 0.05) is 5.69 Å². The molecule has 0 aliphatic carbocycles. The van der Waals surface area contributed by atoms with E-state index in [-0.39, 0.29) is 12.3 Å². The number of carbonyl (C=O) groups excluding carboxylic acids is 1. The molecule has 1 aromatic heterocycles. The second-order valence-corrected chi connectivity index (χ2v) is 3.82. The maximum absolute atomic E-state index is 11.8. The lowest BCUT2D eigenvalue weighted by molar-refractivity contribution is -0.115. The molecule has 0 radical (unpaired) electrons. The van der Waals surface area contributed by atoms with Gasteiger partial charge in [0.25, 0.3) is 0 Å². The number of anilines is 1. The third-order valence-corrected chi connectivity index (χ3v) is 2.59. The number of rotatable bonds is 4. The SMILES string of the molecule is CCc1ccccc1NC(=O)Cc1ccco1. The van der Waals surface area contributed by atoms with Crippen molar-refractivity contribution in [2.75, 3.05) is 5.32 Å². The Morgan fingerprint density at radius 1 is 1.24 bits per heavy atom. The van der Waals surface area contributed by atoms with Crippen molar-refractivity contribution in [3.05, 3.63) is 54.0 Å². The van der Waals surface area contributed by atoms with E-state index in [9.17, 15) is 4.79 Å². The summed E-state index contributed by atoms with van der Waals surface area (Å²) in [5.74, 6) is 0.623. The quantitative estimate of drug-likeness (QED) is 0.875. The number of nitrogens with one attached hydrogen (secondary N) is 1. The van der Waals surface area contributed by atoms with Crippen molar-refractivity contribution in [1.29, 1.82) is 0 Å². The smallest absolute Gasteiger partial charge is 0.232 e. The molecule has 0 saturated heterocycles. The Labute approximate surface area is 100 Å². The number of benzene rings is 1. The Hall–Kier alpha value is -2.03. The number of para-hydroxylation sites is 1. The van der Waals surface area contributed by atoms with Crippen LogP contribution in [0.3, 0.4) is 0 Å². The summed E-state index contributed by atoms with van der Waals surface area (Å²) in [6.45, 7) is 2.07. The van der Waals surface area contributed by atoms with Crippen LogP contribution in [-0.2, 0) is 17.6 Å². The molecule has 3 heteroatoms. The molecule has 2 aromatic rings. The molecule has 0 spiro atoms. The van der Waals surface area contributed by atoms with Crippen molar-refractivity contribution in [3.8, 4) is 0 Å². The fourth-order valence-electron chi connectivity index (χ4n) is 1.72. The number of hydrogen-bond acceptors (Lipinski definition) is 2. The fraction of sp³-hybridized carbons (Fsp3) is 0.214. The van der Waals surface area contributed by atoms with Crippen molar-refractivity contribution in [1.82, 2.24) is 0 Å². The molecule has 0 saturated carbocycles. The monoisotopic (exact) mass is 229 g/mol. The zero-order valence-corrected chi connectivity index (χ0v) is 9.77. The van der Waals surface area contributed by atoms with E-state index in [0.29, 0.717) is 5.76 Å². The maximum atomic E-state index is 11.8. The number of amides is 1. The van der Waals surface area contributed by atoms with Crippen LogP contribution in [0.1, 0.15) is 18.2 Å². The van der Waals surface area contributed by atoms with Crippen LogP contribution in [-0.4, -0.2) is 5.91 Å². The predicted octanol–water partition coefficient (Wildman–Crippen LogP) is 3.02. The summed E-state index contributed by atoms with van der Waals surface area (Å²) in [6, 6.07) is 11.4.